The topological polar surface area (TPSA) is 17.1 Å². The number of rotatable bonds is 2. The van der Waals surface area contributed by atoms with E-state index in [1.54, 1.807) is 11.8 Å². The van der Waals surface area contributed by atoms with E-state index in [4.69, 9.17) is 11.6 Å². The van der Waals surface area contributed by atoms with E-state index in [0.717, 1.165) is 16.3 Å². The van der Waals surface area contributed by atoms with Gasteiger partial charge in [0.05, 0.1) is 5.25 Å². The smallest absolute Gasteiger partial charge is 0.150 e. The van der Waals surface area contributed by atoms with Crippen LogP contribution in [-0.2, 0) is 17.6 Å². The first-order valence-corrected chi connectivity index (χ1v) is 7.50. The fourth-order valence-electron chi connectivity index (χ4n) is 2.33. The molecule has 0 saturated carbocycles. The third-order valence-electron chi connectivity index (χ3n) is 3.34. The van der Waals surface area contributed by atoms with Crippen LogP contribution in [0.2, 0.25) is 5.02 Å². The Hall–Kier alpha value is -1.25. The fourth-order valence-corrected chi connectivity index (χ4v) is 3.55. The second-order valence-corrected chi connectivity index (χ2v) is 6.39. The maximum Gasteiger partial charge on any atom is 0.150 e. The van der Waals surface area contributed by atoms with Crippen molar-refractivity contribution in [2.24, 2.45) is 0 Å². The van der Waals surface area contributed by atoms with Gasteiger partial charge >= 0.3 is 0 Å². The number of hydrogen-bond acceptors (Lipinski definition) is 2. The van der Waals surface area contributed by atoms with Gasteiger partial charge < -0.3 is 0 Å². The molecule has 3 rings (SSSR count). The largest absolute Gasteiger partial charge is 0.298 e. The average Bonchev–Trinajstić information content (AvgIpc) is 2.42. The highest BCUT2D eigenvalue weighted by molar-refractivity contribution is 8.00. The molecule has 3 heteroatoms. The molecule has 0 bridgehead atoms. The number of thioether (sulfide) groups is 1. The first-order valence-electron chi connectivity index (χ1n) is 6.24. The molecule has 1 aliphatic rings. The van der Waals surface area contributed by atoms with Gasteiger partial charge in [-0.05, 0) is 41.8 Å². The van der Waals surface area contributed by atoms with Crippen molar-refractivity contribution in [1.82, 2.24) is 0 Å². The predicted molar refractivity (Wildman–Crippen MR) is 80.0 cm³/mol. The van der Waals surface area contributed by atoms with Crippen LogP contribution in [0.25, 0.3) is 0 Å². The van der Waals surface area contributed by atoms with Gasteiger partial charge in [-0.25, -0.2) is 0 Å². The van der Waals surface area contributed by atoms with Crippen LogP contribution in [-0.4, -0.2) is 11.0 Å². The lowest BCUT2D eigenvalue weighted by Crippen LogP contribution is -2.27. The van der Waals surface area contributed by atoms with Crippen molar-refractivity contribution in [3.8, 4) is 0 Å². The Bertz CT molecular complexity index is 606. The quantitative estimate of drug-likeness (QED) is 0.825. The molecule has 1 unspecified atom stereocenters. The van der Waals surface area contributed by atoms with Crippen molar-refractivity contribution < 1.29 is 4.79 Å². The molecule has 0 N–H and O–H groups in total. The average molecular weight is 289 g/mol. The summed E-state index contributed by atoms with van der Waals surface area (Å²) in [5, 5.41) is 0.751. The van der Waals surface area contributed by atoms with E-state index in [0.29, 0.717) is 12.2 Å². The minimum absolute atomic E-state index is 0.0241. The molecule has 96 valence electrons. The standard InChI is InChI=1S/C16H13ClOS/c17-13-5-7-14(8-6-13)19-16-10-12-4-2-1-3-11(12)9-15(16)18/h1-8,16H,9-10H2. The van der Waals surface area contributed by atoms with Crippen LogP contribution in [0, 0.1) is 0 Å². The molecule has 0 saturated heterocycles. The van der Waals surface area contributed by atoms with Crippen LogP contribution in [0.5, 0.6) is 0 Å². The van der Waals surface area contributed by atoms with Crippen LogP contribution >= 0.6 is 23.4 Å². The molecular formula is C16H13ClOS. The van der Waals surface area contributed by atoms with Crippen LogP contribution in [0.1, 0.15) is 11.1 Å². The number of carbonyl (C=O) groups excluding carboxylic acids is 1. The molecule has 1 atom stereocenters. The molecule has 0 radical (unpaired) electrons. The van der Waals surface area contributed by atoms with Crippen molar-refractivity contribution in [3.05, 3.63) is 64.7 Å². The number of ketones is 1. The van der Waals surface area contributed by atoms with Gasteiger partial charge in [0.2, 0.25) is 0 Å². The van der Waals surface area contributed by atoms with Crippen LogP contribution in [0.15, 0.2) is 53.4 Å². The van der Waals surface area contributed by atoms with Gasteiger partial charge in [-0.3, -0.25) is 4.79 Å². The molecule has 0 aromatic heterocycles. The lowest BCUT2D eigenvalue weighted by atomic mass is 9.91. The van der Waals surface area contributed by atoms with Gasteiger partial charge in [-0.1, -0.05) is 35.9 Å². The summed E-state index contributed by atoms with van der Waals surface area (Å²) < 4.78 is 0. The number of Topliss-reactive ketones (excluding diaryl/α,β-unsaturated/α-hetero) is 1. The minimum atomic E-state index is 0.0241. The fraction of sp³-hybridized carbons (Fsp3) is 0.188. The van der Waals surface area contributed by atoms with Crippen molar-refractivity contribution in [2.45, 2.75) is 23.0 Å². The van der Waals surface area contributed by atoms with E-state index in [9.17, 15) is 4.79 Å². The van der Waals surface area contributed by atoms with E-state index < -0.39 is 0 Å². The van der Waals surface area contributed by atoms with Gasteiger partial charge in [-0.2, -0.15) is 0 Å². The van der Waals surface area contributed by atoms with Gasteiger partial charge in [0.15, 0.2) is 5.78 Å². The summed E-state index contributed by atoms with van der Waals surface area (Å²) in [4.78, 5) is 13.3. The van der Waals surface area contributed by atoms with Crippen molar-refractivity contribution in [2.75, 3.05) is 0 Å². The summed E-state index contributed by atoms with van der Waals surface area (Å²) in [7, 11) is 0. The summed E-state index contributed by atoms with van der Waals surface area (Å²) in [5.74, 6) is 0.318. The van der Waals surface area contributed by atoms with Gasteiger partial charge in [-0.15, -0.1) is 11.8 Å². The zero-order valence-electron chi connectivity index (χ0n) is 10.3. The molecule has 0 aliphatic heterocycles. The van der Waals surface area contributed by atoms with Crippen LogP contribution < -0.4 is 0 Å². The monoisotopic (exact) mass is 288 g/mol. The minimum Gasteiger partial charge on any atom is -0.298 e. The highest BCUT2D eigenvalue weighted by Gasteiger charge is 2.26. The summed E-state index contributed by atoms with van der Waals surface area (Å²) in [6.07, 6.45) is 1.38. The molecule has 19 heavy (non-hydrogen) atoms. The van der Waals surface area contributed by atoms with E-state index in [1.807, 2.05) is 36.4 Å². The molecule has 2 aromatic rings. The molecule has 1 nitrogen and oxygen atoms in total. The van der Waals surface area contributed by atoms with Crippen molar-refractivity contribution >= 4 is 29.1 Å². The molecule has 2 aromatic carbocycles. The molecule has 0 fully saturated rings. The Morgan fingerprint density at radius 2 is 1.68 bits per heavy atom. The number of halogens is 1. The number of fused-ring (bicyclic) bond motifs is 1. The Balaban J connectivity index is 1.79. The van der Waals surface area contributed by atoms with Crippen molar-refractivity contribution in [3.63, 3.8) is 0 Å². The molecule has 0 spiro atoms. The van der Waals surface area contributed by atoms with Gasteiger partial charge in [0.25, 0.3) is 0 Å². The van der Waals surface area contributed by atoms with Gasteiger partial charge in [0.1, 0.15) is 0 Å². The maximum atomic E-state index is 12.2. The van der Waals surface area contributed by atoms with E-state index >= 15 is 0 Å². The zero-order valence-corrected chi connectivity index (χ0v) is 11.9. The lowest BCUT2D eigenvalue weighted by Gasteiger charge is -2.23. The summed E-state index contributed by atoms with van der Waals surface area (Å²) in [6, 6.07) is 15.9. The zero-order chi connectivity index (χ0) is 13.2. The third kappa shape index (κ3) is 2.85. The predicted octanol–water partition coefficient (Wildman–Crippen LogP) is 4.17. The van der Waals surface area contributed by atoms with E-state index in [2.05, 4.69) is 12.1 Å². The Kier molecular flexibility index (Phi) is 3.63. The number of hydrogen-bond donors (Lipinski definition) is 0. The summed E-state index contributed by atoms with van der Waals surface area (Å²) in [6.45, 7) is 0. The second kappa shape index (κ2) is 5.40. The number of benzene rings is 2. The van der Waals surface area contributed by atoms with Crippen LogP contribution in [0.3, 0.4) is 0 Å². The Morgan fingerprint density at radius 3 is 2.42 bits per heavy atom. The summed E-state index contributed by atoms with van der Waals surface area (Å²) in [5.41, 5.74) is 2.48. The molecule has 1 aliphatic carbocycles. The van der Waals surface area contributed by atoms with Crippen molar-refractivity contribution in [1.29, 1.82) is 0 Å². The molecule has 0 heterocycles. The normalized spacial score (nSPS) is 18.2. The first kappa shape index (κ1) is 12.8. The maximum absolute atomic E-state index is 12.2. The Morgan fingerprint density at radius 1 is 1.00 bits per heavy atom. The highest BCUT2D eigenvalue weighted by Crippen LogP contribution is 2.32. The van der Waals surface area contributed by atoms with Crippen LogP contribution in [0.4, 0.5) is 0 Å². The summed E-state index contributed by atoms with van der Waals surface area (Å²) >= 11 is 7.51. The second-order valence-electron chi connectivity index (χ2n) is 4.68. The Labute approximate surface area is 122 Å². The van der Waals surface area contributed by atoms with E-state index in [1.165, 1.54) is 11.1 Å². The first-order chi connectivity index (χ1) is 9.22. The molecule has 0 amide bonds. The lowest BCUT2D eigenvalue weighted by molar-refractivity contribution is -0.118. The molecular weight excluding hydrogens is 276 g/mol. The van der Waals surface area contributed by atoms with E-state index in [-0.39, 0.29) is 5.25 Å². The van der Waals surface area contributed by atoms with Gasteiger partial charge in [0, 0.05) is 16.3 Å². The SMILES string of the molecule is O=C1Cc2ccccc2CC1Sc1ccc(Cl)cc1. The number of carbonyl (C=O) groups is 1. The highest BCUT2D eigenvalue weighted by atomic mass is 35.5. The third-order valence-corrected chi connectivity index (χ3v) is 4.85.